The SMILES string of the molecule is N#Cc1c(Cl)cccc1Sc1ncccn1. The van der Waals surface area contributed by atoms with Crippen LogP contribution in [0.25, 0.3) is 0 Å². The molecule has 0 fully saturated rings. The minimum absolute atomic E-state index is 0.448. The van der Waals surface area contributed by atoms with Gasteiger partial charge in [-0.25, -0.2) is 9.97 Å². The van der Waals surface area contributed by atoms with Crippen molar-refractivity contribution in [2.24, 2.45) is 0 Å². The first-order valence-corrected chi connectivity index (χ1v) is 5.64. The van der Waals surface area contributed by atoms with Gasteiger partial charge < -0.3 is 0 Å². The summed E-state index contributed by atoms with van der Waals surface area (Å²) in [5, 5.41) is 10.0. The molecule has 0 atom stereocenters. The van der Waals surface area contributed by atoms with Gasteiger partial charge in [0.1, 0.15) is 6.07 Å². The van der Waals surface area contributed by atoms with Gasteiger partial charge in [0.2, 0.25) is 0 Å². The second-order valence-electron chi connectivity index (χ2n) is 2.86. The minimum atomic E-state index is 0.448. The molecule has 78 valence electrons. The van der Waals surface area contributed by atoms with Gasteiger partial charge in [0.15, 0.2) is 5.16 Å². The number of aromatic nitrogens is 2. The molecule has 0 amide bonds. The van der Waals surface area contributed by atoms with Crippen molar-refractivity contribution in [3.63, 3.8) is 0 Å². The molecule has 0 aliphatic carbocycles. The lowest BCUT2D eigenvalue weighted by molar-refractivity contribution is 0.966. The molecule has 16 heavy (non-hydrogen) atoms. The Kier molecular flexibility index (Phi) is 3.40. The van der Waals surface area contributed by atoms with Crippen molar-refractivity contribution in [3.05, 3.63) is 47.2 Å². The molecule has 0 saturated heterocycles. The van der Waals surface area contributed by atoms with E-state index in [1.807, 2.05) is 6.07 Å². The van der Waals surface area contributed by atoms with Gasteiger partial charge >= 0.3 is 0 Å². The third kappa shape index (κ3) is 2.32. The van der Waals surface area contributed by atoms with Crippen molar-refractivity contribution in [2.45, 2.75) is 10.1 Å². The molecule has 0 radical (unpaired) electrons. The van der Waals surface area contributed by atoms with Crippen LogP contribution in [0.5, 0.6) is 0 Å². The Labute approximate surface area is 102 Å². The number of hydrogen-bond acceptors (Lipinski definition) is 4. The average molecular weight is 248 g/mol. The summed E-state index contributed by atoms with van der Waals surface area (Å²) in [6, 6.07) is 9.13. The molecule has 0 aliphatic rings. The lowest BCUT2D eigenvalue weighted by atomic mass is 10.2. The maximum absolute atomic E-state index is 8.99. The van der Waals surface area contributed by atoms with Crippen molar-refractivity contribution in [3.8, 4) is 6.07 Å². The highest BCUT2D eigenvalue weighted by Crippen LogP contribution is 2.30. The van der Waals surface area contributed by atoms with E-state index in [1.54, 1.807) is 30.6 Å². The number of nitriles is 1. The highest BCUT2D eigenvalue weighted by atomic mass is 35.5. The molecule has 0 unspecified atom stereocenters. The topological polar surface area (TPSA) is 49.6 Å². The normalized spacial score (nSPS) is 9.75. The summed E-state index contributed by atoms with van der Waals surface area (Å²) in [4.78, 5) is 8.92. The molecule has 1 aromatic heterocycles. The second-order valence-corrected chi connectivity index (χ2v) is 4.27. The molecule has 1 aromatic carbocycles. The van der Waals surface area contributed by atoms with Crippen LogP contribution >= 0.6 is 23.4 Å². The molecule has 0 spiro atoms. The zero-order chi connectivity index (χ0) is 11.4. The Hall–Kier alpha value is -1.57. The summed E-state index contributed by atoms with van der Waals surface area (Å²) >= 11 is 7.24. The molecular formula is C11H6ClN3S. The van der Waals surface area contributed by atoms with E-state index in [-0.39, 0.29) is 0 Å². The smallest absolute Gasteiger partial charge is 0.192 e. The molecule has 3 nitrogen and oxygen atoms in total. The monoisotopic (exact) mass is 247 g/mol. The first kappa shape index (κ1) is 10.9. The quantitative estimate of drug-likeness (QED) is 0.765. The molecule has 0 aliphatic heterocycles. The first-order valence-electron chi connectivity index (χ1n) is 4.45. The lowest BCUT2D eigenvalue weighted by Crippen LogP contribution is -1.86. The number of nitrogens with zero attached hydrogens (tertiary/aromatic N) is 3. The van der Waals surface area contributed by atoms with Gasteiger partial charge in [-0.05, 0) is 30.0 Å². The van der Waals surface area contributed by atoms with E-state index < -0.39 is 0 Å². The third-order valence-corrected chi connectivity index (χ3v) is 3.10. The summed E-state index contributed by atoms with van der Waals surface area (Å²) in [6.45, 7) is 0. The van der Waals surface area contributed by atoms with E-state index in [2.05, 4.69) is 16.0 Å². The number of hydrogen-bond donors (Lipinski definition) is 0. The van der Waals surface area contributed by atoms with Gasteiger partial charge in [0.25, 0.3) is 0 Å². The number of benzene rings is 1. The maximum atomic E-state index is 8.99. The van der Waals surface area contributed by atoms with Crippen molar-refractivity contribution < 1.29 is 0 Å². The van der Waals surface area contributed by atoms with E-state index >= 15 is 0 Å². The van der Waals surface area contributed by atoms with E-state index in [4.69, 9.17) is 16.9 Å². The van der Waals surface area contributed by atoms with E-state index in [0.717, 1.165) is 4.90 Å². The Balaban J connectivity index is 2.36. The van der Waals surface area contributed by atoms with Crippen LogP contribution in [0.2, 0.25) is 5.02 Å². The maximum Gasteiger partial charge on any atom is 0.192 e. The van der Waals surface area contributed by atoms with Crippen molar-refractivity contribution in [2.75, 3.05) is 0 Å². The van der Waals surface area contributed by atoms with Crippen LogP contribution in [-0.2, 0) is 0 Å². The van der Waals surface area contributed by atoms with Gasteiger partial charge in [0, 0.05) is 17.3 Å². The fraction of sp³-hybridized carbons (Fsp3) is 0. The largest absolute Gasteiger partial charge is 0.231 e. The van der Waals surface area contributed by atoms with Crippen molar-refractivity contribution in [1.82, 2.24) is 9.97 Å². The summed E-state index contributed by atoms with van der Waals surface area (Å²) in [5.41, 5.74) is 0.460. The van der Waals surface area contributed by atoms with Crippen LogP contribution in [0.4, 0.5) is 0 Å². The standard InChI is InChI=1S/C11H6ClN3S/c12-9-3-1-4-10(8(9)7-13)16-11-14-5-2-6-15-11/h1-6H. The summed E-state index contributed by atoms with van der Waals surface area (Å²) in [6.07, 6.45) is 3.32. The number of rotatable bonds is 2. The van der Waals surface area contributed by atoms with Crippen LogP contribution in [-0.4, -0.2) is 9.97 Å². The Morgan fingerprint density at radius 1 is 1.19 bits per heavy atom. The van der Waals surface area contributed by atoms with Crippen molar-refractivity contribution >= 4 is 23.4 Å². The van der Waals surface area contributed by atoms with Gasteiger partial charge in [-0.2, -0.15) is 5.26 Å². The lowest BCUT2D eigenvalue weighted by Gasteiger charge is -2.03. The van der Waals surface area contributed by atoms with E-state index in [9.17, 15) is 0 Å². The first-order chi connectivity index (χ1) is 7.81. The fourth-order valence-corrected chi connectivity index (χ4v) is 2.24. The van der Waals surface area contributed by atoms with Crippen LogP contribution < -0.4 is 0 Å². The molecule has 0 saturated carbocycles. The predicted octanol–water partition coefficient (Wildman–Crippen LogP) is 3.15. The zero-order valence-corrected chi connectivity index (χ0v) is 9.66. The van der Waals surface area contributed by atoms with Gasteiger partial charge in [0.05, 0.1) is 10.6 Å². The molecule has 0 N–H and O–H groups in total. The van der Waals surface area contributed by atoms with Crippen LogP contribution in [0.3, 0.4) is 0 Å². The number of halogens is 1. The summed E-state index contributed by atoms with van der Waals surface area (Å²) in [5.74, 6) is 0. The molecule has 0 bridgehead atoms. The Morgan fingerprint density at radius 3 is 2.62 bits per heavy atom. The average Bonchev–Trinajstić information content (AvgIpc) is 2.31. The molecule has 5 heteroatoms. The molecule has 2 rings (SSSR count). The van der Waals surface area contributed by atoms with Crippen LogP contribution in [0.1, 0.15) is 5.56 Å². The second kappa shape index (κ2) is 4.97. The van der Waals surface area contributed by atoms with Gasteiger partial charge in [-0.3, -0.25) is 0 Å². The molecule has 2 aromatic rings. The fourth-order valence-electron chi connectivity index (χ4n) is 1.13. The van der Waals surface area contributed by atoms with Gasteiger partial charge in [-0.15, -0.1) is 0 Å². The highest BCUT2D eigenvalue weighted by molar-refractivity contribution is 7.99. The predicted molar refractivity (Wildman–Crippen MR) is 62.3 cm³/mol. The minimum Gasteiger partial charge on any atom is -0.231 e. The van der Waals surface area contributed by atoms with Crippen molar-refractivity contribution in [1.29, 1.82) is 5.26 Å². The zero-order valence-electron chi connectivity index (χ0n) is 8.09. The van der Waals surface area contributed by atoms with Gasteiger partial charge in [-0.1, -0.05) is 17.7 Å². The summed E-state index contributed by atoms with van der Waals surface area (Å²) < 4.78 is 0. The Bertz CT molecular complexity index is 537. The van der Waals surface area contributed by atoms with Crippen LogP contribution in [0, 0.1) is 11.3 Å². The third-order valence-electron chi connectivity index (χ3n) is 1.83. The van der Waals surface area contributed by atoms with E-state index in [1.165, 1.54) is 11.8 Å². The van der Waals surface area contributed by atoms with E-state index in [0.29, 0.717) is 15.7 Å². The Morgan fingerprint density at radius 2 is 1.94 bits per heavy atom. The highest BCUT2D eigenvalue weighted by Gasteiger charge is 2.08. The molecular weight excluding hydrogens is 242 g/mol. The van der Waals surface area contributed by atoms with Crippen LogP contribution in [0.15, 0.2) is 46.7 Å². The summed E-state index contributed by atoms with van der Waals surface area (Å²) in [7, 11) is 0. The molecule has 1 heterocycles.